The van der Waals surface area contributed by atoms with E-state index in [-0.39, 0.29) is 18.4 Å². The molecule has 0 bridgehead atoms. The van der Waals surface area contributed by atoms with E-state index >= 15 is 0 Å². The van der Waals surface area contributed by atoms with Crippen LogP contribution in [0, 0.1) is 0 Å². The standard InChI is InChI=1S/C26H27N3.ClH/c1-2-24(27)18-25-19-29(20-28-25)26(21-12-6-3-7-13-21,22-14-8-4-9-15-22)23-16-10-5-11-17-23;/h3-17,19-20,24H,2,18,27H2,1H3;1H. The molecule has 0 saturated heterocycles. The van der Waals surface area contributed by atoms with E-state index in [1.807, 2.05) is 6.33 Å². The van der Waals surface area contributed by atoms with E-state index in [0.29, 0.717) is 0 Å². The van der Waals surface area contributed by atoms with Gasteiger partial charge < -0.3 is 10.3 Å². The molecule has 0 amide bonds. The number of aromatic nitrogens is 2. The highest BCUT2D eigenvalue weighted by atomic mass is 35.5. The van der Waals surface area contributed by atoms with Crippen LogP contribution in [0.4, 0.5) is 0 Å². The van der Waals surface area contributed by atoms with Crippen molar-refractivity contribution in [2.75, 3.05) is 0 Å². The molecule has 4 rings (SSSR count). The number of nitrogens with zero attached hydrogens (tertiary/aromatic N) is 2. The Kier molecular flexibility index (Phi) is 7.09. The molecular formula is C26H28ClN3. The predicted octanol–water partition coefficient (Wildman–Crippen LogP) is 5.42. The molecular weight excluding hydrogens is 390 g/mol. The molecule has 1 aromatic heterocycles. The largest absolute Gasteiger partial charge is 0.327 e. The van der Waals surface area contributed by atoms with Gasteiger partial charge in [0.1, 0.15) is 5.54 Å². The predicted molar refractivity (Wildman–Crippen MR) is 126 cm³/mol. The quantitative estimate of drug-likeness (QED) is 0.408. The molecule has 0 aliphatic rings. The molecule has 4 aromatic rings. The average molecular weight is 418 g/mol. The summed E-state index contributed by atoms with van der Waals surface area (Å²) in [5, 5.41) is 0. The Morgan fingerprint density at radius 3 is 1.63 bits per heavy atom. The van der Waals surface area contributed by atoms with Crippen LogP contribution in [0.3, 0.4) is 0 Å². The van der Waals surface area contributed by atoms with E-state index in [4.69, 9.17) is 10.7 Å². The van der Waals surface area contributed by atoms with E-state index in [9.17, 15) is 0 Å². The van der Waals surface area contributed by atoms with Crippen LogP contribution >= 0.6 is 12.4 Å². The fourth-order valence-electron chi connectivity index (χ4n) is 4.05. The van der Waals surface area contributed by atoms with Crippen LogP contribution in [0.5, 0.6) is 0 Å². The lowest BCUT2D eigenvalue weighted by Crippen LogP contribution is -2.37. The number of imidazole rings is 1. The molecule has 2 N–H and O–H groups in total. The van der Waals surface area contributed by atoms with E-state index in [2.05, 4.69) is 109 Å². The first-order valence-electron chi connectivity index (χ1n) is 10.2. The van der Waals surface area contributed by atoms with Crippen molar-refractivity contribution in [2.45, 2.75) is 31.3 Å². The number of hydrogen-bond acceptors (Lipinski definition) is 2. The van der Waals surface area contributed by atoms with Crippen LogP contribution in [-0.2, 0) is 12.0 Å². The fraction of sp³-hybridized carbons (Fsp3) is 0.192. The summed E-state index contributed by atoms with van der Waals surface area (Å²) in [6, 6.07) is 32.0. The lowest BCUT2D eigenvalue weighted by Gasteiger charge is -2.37. The monoisotopic (exact) mass is 417 g/mol. The number of benzene rings is 3. The molecule has 3 aromatic carbocycles. The van der Waals surface area contributed by atoms with Gasteiger partial charge in [-0.1, -0.05) is 97.9 Å². The SMILES string of the molecule is CCC(N)Cc1cn(C(c2ccccc2)(c2ccccc2)c2ccccc2)cn1.Cl. The lowest BCUT2D eigenvalue weighted by molar-refractivity contribution is 0.513. The van der Waals surface area contributed by atoms with Crippen molar-refractivity contribution in [3.63, 3.8) is 0 Å². The number of nitrogens with two attached hydrogens (primary N) is 1. The topological polar surface area (TPSA) is 43.8 Å². The molecule has 1 atom stereocenters. The fourth-order valence-corrected chi connectivity index (χ4v) is 4.05. The van der Waals surface area contributed by atoms with Gasteiger partial charge in [0.15, 0.2) is 0 Å². The third-order valence-electron chi connectivity index (χ3n) is 5.59. The Morgan fingerprint density at radius 2 is 1.23 bits per heavy atom. The summed E-state index contributed by atoms with van der Waals surface area (Å²) in [4.78, 5) is 4.73. The summed E-state index contributed by atoms with van der Waals surface area (Å²) < 4.78 is 2.24. The van der Waals surface area contributed by atoms with Crippen molar-refractivity contribution in [1.82, 2.24) is 9.55 Å². The first-order chi connectivity index (χ1) is 14.2. The molecule has 0 saturated carbocycles. The Hall–Kier alpha value is -2.88. The molecule has 154 valence electrons. The van der Waals surface area contributed by atoms with Crippen molar-refractivity contribution < 1.29 is 0 Å². The number of hydrogen-bond donors (Lipinski definition) is 1. The minimum atomic E-state index is -0.509. The molecule has 0 spiro atoms. The third kappa shape index (κ3) is 4.04. The zero-order valence-corrected chi connectivity index (χ0v) is 18.0. The normalized spacial score (nSPS) is 12.2. The maximum Gasteiger partial charge on any atom is 0.121 e. The lowest BCUT2D eigenvalue weighted by atomic mass is 9.77. The smallest absolute Gasteiger partial charge is 0.121 e. The molecule has 1 unspecified atom stereocenters. The summed E-state index contributed by atoms with van der Waals surface area (Å²) in [6.07, 6.45) is 5.82. The third-order valence-corrected chi connectivity index (χ3v) is 5.59. The van der Waals surface area contributed by atoms with E-state index in [1.54, 1.807) is 0 Å². The van der Waals surface area contributed by atoms with Crippen LogP contribution in [0.25, 0.3) is 0 Å². The molecule has 3 nitrogen and oxygen atoms in total. The Labute approximate surface area is 185 Å². The van der Waals surface area contributed by atoms with Crippen molar-refractivity contribution in [3.8, 4) is 0 Å². The Morgan fingerprint density at radius 1 is 0.800 bits per heavy atom. The van der Waals surface area contributed by atoms with E-state index in [0.717, 1.165) is 18.5 Å². The molecule has 1 heterocycles. The van der Waals surface area contributed by atoms with Gasteiger partial charge in [0, 0.05) is 18.7 Å². The zero-order valence-electron chi connectivity index (χ0n) is 17.2. The first-order valence-corrected chi connectivity index (χ1v) is 10.2. The maximum absolute atomic E-state index is 6.21. The average Bonchev–Trinajstić information content (AvgIpc) is 3.25. The van der Waals surface area contributed by atoms with Gasteiger partial charge in [0.05, 0.1) is 12.0 Å². The van der Waals surface area contributed by atoms with Crippen molar-refractivity contribution in [2.24, 2.45) is 5.73 Å². The molecule has 0 aliphatic carbocycles. The summed E-state index contributed by atoms with van der Waals surface area (Å²) in [6.45, 7) is 2.11. The van der Waals surface area contributed by atoms with Gasteiger partial charge in [0.2, 0.25) is 0 Å². The Balaban J connectivity index is 0.00000256. The summed E-state index contributed by atoms with van der Waals surface area (Å²) >= 11 is 0. The van der Waals surface area contributed by atoms with E-state index in [1.165, 1.54) is 16.7 Å². The van der Waals surface area contributed by atoms with Crippen LogP contribution in [0.15, 0.2) is 104 Å². The van der Waals surface area contributed by atoms with Crippen molar-refractivity contribution in [1.29, 1.82) is 0 Å². The second kappa shape index (κ2) is 9.75. The molecule has 0 aliphatic heterocycles. The van der Waals surface area contributed by atoms with Gasteiger partial charge in [-0.05, 0) is 23.1 Å². The van der Waals surface area contributed by atoms with Gasteiger partial charge in [-0.3, -0.25) is 0 Å². The second-order valence-corrected chi connectivity index (χ2v) is 7.45. The van der Waals surface area contributed by atoms with Gasteiger partial charge >= 0.3 is 0 Å². The maximum atomic E-state index is 6.21. The zero-order chi connectivity index (χ0) is 20.1. The number of halogens is 1. The first kappa shape index (κ1) is 21.8. The number of rotatable bonds is 7. The van der Waals surface area contributed by atoms with Crippen LogP contribution in [0.2, 0.25) is 0 Å². The highest BCUT2D eigenvalue weighted by molar-refractivity contribution is 5.85. The second-order valence-electron chi connectivity index (χ2n) is 7.45. The molecule has 0 fully saturated rings. The van der Waals surface area contributed by atoms with Gasteiger partial charge in [-0.25, -0.2) is 4.98 Å². The van der Waals surface area contributed by atoms with Crippen molar-refractivity contribution in [3.05, 3.63) is 126 Å². The van der Waals surface area contributed by atoms with Crippen LogP contribution < -0.4 is 5.73 Å². The Bertz CT molecular complexity index is 933. The van der Waals surface area contributed by atoms with E-state index < -0.39 is 5.54 Å². The highest BCUT2D eigenvalue weighted by Gasteiger charge is 2.38. The van der Waals surface area contributed by atoms with Gasteiger partial charge in [0.25, 0.3) is 0 Å². The molecule has 0 radical (unpaired) electrons. The minimum Gasteiger partial charge on any atom is -0.327 e. The molecule has 4 heteroatoms. The van der Waals surface area contributed by atoms with Crippen molar-refractivity contribution >= 4 is 12.4 Å². The molecule has 30 heavy (non-hydrogen) atoms. The highest BCUT2D eigenvalue weighted by Crippen LogP contribution is 2.40. The summed E-state index contributed by atoms with van der Waals surface area (Å²) in [5.74, 6) is 0. The van der Waals surface area contributed by atoms with Gasteiger partial charge in [-0.2, -0.15) is 0 Å². The van der Waals surface area contributed by atoms with Gasteiger partial charge in [-0.15, -0.1) is 12.4 Å². The van der Waals surface area contributed by atoms with Crippen LogP contribution in [-0.4, -0.2) is 15.6 Å². The van der Waals surface area contributed by atoms with Crippen LogP contribution in [0.1, 0.15) is 35.7 Å². The summed E-state index contributed by atoms with van der Waals surface area (Å²) in [7, 11) is 0. The summed E-state index contributed by atoms with van der Waals surface area (Å²) in [5.41, 5.74) is 10.3. The minimum absolute atomic E-state index is 0.